The number of fused-ring (bicyclic) bond motifs is 1. The Balaban J connectivity index is 1.71. The van der Waals surface area contributed by atoms with E-state index in [1.54, 1.807) is 12.1 Å². The summed E-state index contributed by atoms with van der Waals surface area (Å²) in [6.07, 6.45) is 4.37. The average Bonchev–Trinajstić information content (AvgIpc) is 3.48. The lowest BCUT2D eigenvalue weighted by Crippen LogP contribution is -2.39. The highest BCUT2D eigenvalue weighted by atomic mass is 16.5. The van der Waals surface area contributed by atoms with Gasteiger partial charge in [-0.15, -0.1) is 0 Å². The van der Waals surface area contributed by atoms with Crippen LogP contribution < -0.4 is 4.74 Å². The third-order valence-corrected chi connectivity index (χ3v) is 5.27. The van der Waals surface area contributed by atoms with Crippen LogP contribution in [0.4, 0.5) is 0 Å². The number of amides is 1. The Bertz CT molecular complexity index is 895. The van der Waals surface area contributed by atoms with Crippen LogP contribution in [0.15, 0.2) is 30.5 Å². The Kier molecular flexibility index (Phi) is 4.12. The molecule has 1 amide bonds. The second-order valence-corrected chi connectivity index (χ2v) is 7.11. The number of nitrogens with zero attached hydrogens (tertiary/aromatic N) is 3. The van der Waals surface area contributed by atoms with Crippen LogP contribution in [0.3, 0.4) is 0 Å². The summed E-state index contributed by atoms with van der Waals surface area (Å²) in [6.45, 7) is 4.78. The molecule has 0 saturated heterocycles. The van der Waals surface area contributed by atoms with E-state index < -0.39 is 0 Å². The van der Waals surface area contributed by atoms with E-state index in [0.29, 0.717) is 17.9 Å². The summed E-state index contributed by atoms with van der Waals surface area (Å²) in [6, 6.07) is 9.83. The standard InChI is InChI=1S/C21H21N3O2/c1-13-9-18-19(7-8-26-20(18)10-14(13)2)24(17-5-6-17)21(25)15-3-4-16(11-22)23-12-15/h3-4,9-10,12,17,19H,5-8H2,1-2H3. The summed E-state index contributed by atoms with van der Waals surface area (Å²) in [5, 5.41) is 8.91. The molecule has 1 saturated carbocycles. The number of ether oxygens (including phenoxy) is 1. The highest BCUT2D eigenvalue weighted by Gasteiger charge is 2.40. The van der Waals surface area contributed by atoms with Crippen LogP contribution in [-0.4, -0.2) is 28.4 Å². The van der Waals surface area contributed by atoms with E-state index in [2.05, 4.69) is 31.0 Å². The zero-order chi connectivity index (χ0) is 18.3. The summed E-state index contributed by atoms with van der Waals surface area (Å²) < 4.78 is 5.87. The lowest BCUT2D eigenvalue weighted by Gasteiger charge is -2.36. The molecule has 26 heavy (non-hydrogen) atoms. The van der Waals surface area contributed by atoms with E-state index in [-0.39, 0.29) is 18.0 Å². The quantitative estimate of drug-likeness (QED) is 0.849. The van der Waals surface area contributed by atoms with E-state index in [0.717, 1.165) is 30.6 Å². The molecule has 1 unspecified atom stereocenters. The molecule has 5 heteroatoms. The summed E-state index contributed by atoms with van der Waals surface area (Å²) in [5.41, 5.74) is 4.36. The van der Waals surface area contributed by atoms with E-state index in [1.165, 1.54) is 17.3 Å². The van der Waals surface area contributed by atoms with Gasteiger partial charge in [-0.25, -0.2) is 4.98 Å². The van der Waals surface area contributed by atoms with Gasteiger partial charge in [0.15, 0.2) is 0 Å². The van der Waals surface area contributed by atoms with Crippen molar-refractivity contribution in [2.75, 3.05) is 6.61 Å². The number of rotatable bonds is 3. The molecule has 0 radical (unpaired) electrons. The third kappa shape index (κ3) is 2.92. The predicted molar refractivity (Wildman–Crippen MR) is 96.9 cm³/mol. The number of carbonyl (C=O) groups is 1. The van der Waals surface area contributed by atoms with Crippen LogP contribution in [0, 0.1) is 25.2 Å². The molecule has 2 aromatic rings. The predicted octanol–water partition coefficient (Wildman–Crippen LogP) is 3.70. The summed E-state index contributed by atoms with van der Waals surface area (Å²) in [4.78, 5) is 19.3. The van der Waals surface area contributed by atoms with Gasteiger partial charge in [0.2, 0.25) is 0 Å². The molecule has 1 aliphatic heterocycles. The van der Waals surface area contributed by atoms with Crippen LogP contribution >= 0.6 is 0 Å². The first-order chi connectivity index (χ1) is 12.6. The number of aromatic nitrogens is 1. The zero-order valence-electron chi connectivity index (χ0n) is 15.0. The molecule has 2 aliphatic rings. The summed E-state index contributed by atoms with van der Waals surface area (Å²) in [7, 11) is 0. The van der Waals surface area contributed by atoms with E-state index >= 15 is 0 Å². The Morgan fingerprint density at radius 3 is 2.65 bits per heavy atom. The number of benzene rings is 1. The van der Waals surface area contributed by atoms with Gasteiger partial charge in [-0.3, -0.25) is 4.79 Å². The molecule has 0 spiro atoms. The maximum absolute atomic E-state index is 13.2. The van der Waals surface area contributed by atoms with Gasteiger partial charge in [-0.05, 0) is 56.0 Å². The normalized spacial score (nSPS) is 18.4. The van der Waals surface area contributed by atoms with Crippen molar-refractivity contribution in [3.8, 4) is 11.8 Å². The fourth-order valence-electron chi connectivity index (χ4n) is 3.57. The number of hydrogen-bond acceptors (Lipinski definition) is 4. The molecule has 132 valence electrons. The molecular weight excluding hydrogens is 326 g/mol. The first kappa shape index (κ1) is 16.6. The first-order valence-corrected chi connectivity index (χ1v) is 9.01. The highest BCUT2D eigenvalue weighted by Crippen LogP contribution is 2.43. The smallest absolute Gasteiger partial charge is 0.256 e. The lowest BCUT2D eigenvalue weighted by atomic mass is 9.94. The molecular formula is C21H21N3O2. The Morgan fingerprint density at radius 1 is 1.23 bits per heavy atom. The SMILES string of the molecule is Cc1cc2c(cc1C)C(N(C(=O)c1ccc(C#N)nc1)C1CC1)CCO2. The lowest BCUT2D eigenvalue weighted by molar-refractivity contribution is 0.0601. The Hall–Kier alpha value is -2.87. The van der Waals surface area contributed by atoms with Crippen molar-refractivity contribution in [1.29, 1.82) is 5.26 Å². The Labute approximate surface area is 153 Å². The second-order valence-electron chi connectivity index (χ2n) is 7.11. The van der Waals surface area contributed by atoms with Gasteiger partial charge < -0.3 is 9.64 Å². The van der Waals surface area contributed by atoms with Crippen molar-refractivity contribution >= 4 is 5.91 Å². The molecule has 0 N–H and O–H groups in total. The van der Waals surface area contributed by atoms with Gasteiger partial charge in [0.05, 0.1) is 18.2 Å². The number of nitriles is 1. The number of aryl methyl sites for hydroxylation is 2. The van der Waals surface area contributed by atoms with Gasteiger partial charge in [0.25, 0.3) is 5.91 Å². The fourth-order valence-corrected chi connectivity index (χ4v) is 3.57. The van der Waals surface area contributed by atoms with Crippen molar-refractivity contribution < 1.29 is 9.53 Å². The van der Waals surface area contributed by atoms with Gasteiger partial charge in [0.1, 0.15) is 17.5 Å². The van der Waals surface area contributed by atoms with E-state index in [4.69, 9.17) is 10.00 Å². The van der Waals surface area contributed by atoms with Gasteiger partial charge in [0, 0.05) is 24.2 Å². The third-order valence-electron chi connectivity index (χ3n) is 5.27. The fraction of sp³-hybridized carbons (Fsp3) is 0.381. The number of hydrogen-bond donors (Lipinski definition) is 0. The molecule has 1 aromatic heterocycles. The molecule has 1 atom stereocenters. The van der Waals surface area contributed by atoms with Crippen molar-refractivity contribution in [1.82, 2.24) is 9.88 Å². The zero-order valence-corrected chi connectivity index (χ0v) is 15.0. The monoisotopic (exact) mass is 347 g/mol. The first-order valence-electron chi connectivity index (χ1n) is 9.01. The molecule has 1 aliphatic carbocycles. The molecule has 4 rings (SSSR count). The van der Waals surface area contributed by atoms with E-state index in [9.17, 15) is 4.79 Å². The van der Waals surface area contributed by atoms with Crippen LogP contribution in [0.2, 0.25) is 0 Å². The van der Waals surface area contributed by atoms with Crippen molar-refractivity contribution in [2.45, 2.75) is 45.2 Å². The van der Waals surface area contributed by atoms with Crippen molar-refractivity contribution in [3.05, 3.63) is 58.4 Å². The van der Waals surface area contributed by atoms with Crippen LogP contribution in [-0.2, 0) is 0 Å². The van der Waals surface area contributed by atoms with Crippen molar-refractivity contribution in [3.63, 3.8) is 0 Å². The summed E-state index contributed by atoms with van der Waals surface area (Å²) in [5.74, 6) is 0.876. The van der Waals surface area contributed by atoms with Crippen LogP contribution in [0.25, 0.3) is 0 Å². The average molecular weight is 347 g/mol. The largest absolute Gasteiger partial charge is 0.493 e. The highest BCUT2D eigenvalue weighted by molar-refractivity contribution is 5.94. The van der Waals surface area contributed by atoms with Gasteiger partial charge in [-0.1, -0.05) is 6.07 Å². The van der Waals surface area contributed by atoms with Crippen molar-refractivity contribution in [2.24, 2.45) is 0 Å². The molecule has 2 heterocycles. The Morgan fingerprint density at radius 2 is 2.00 bits per heavy atom. The van der Waals surface area contributed by atoms with Crippen LogP contribution in [0.5, 0.6) is 5.75 Å². The van der Waals surface area contributed by atoms with Gasteiger partial charge in [-0.2, -0.15) is 5.26 Å². The van der Waals surface area contributed by atoms with E-state index in [1.807, 2.05) is 11.0 Å². The molecule has 0 bridgehead atoms. The minimum Gasteiger partial charge on any atom is -0.493 e. The summed E-state index contributed by atoms with van der Waals surface area (Å²) >= 11 is 0. The topological polar surface area (TPSA) is 66.2 Å². The molecule has 1 fully saturated rings. The number of carbonyl (C=O) groups excluding carboxylic acids is 1. The maximum Gasteiger partial charge on any atom is 0.256 e. The van der Waals surface area contributed by atoms with Gasteiger partial charge >= 0.3 is 0 Å². The molecule has 1 aromatic carbocycles. The second kappa shape index (κ2) is 6.45. The molecule has 5 nitrogen and oxygen atoms in total. The maximum atomic E-state index is 13.2. The number of pyridine rings is 1. The van der Waals surface area contributed by atoms with Crippen LogP contribution in [0.1, 0.15) is 58.0 Å². The minimum absolute atomic E-state index is 0.0134. The minimum atomic E-state index is -0.0134.